The van der Waals surface area contributed by atoms with Crippen molar-refractivity contribution in [2.75, 3.05) is 13.2 Å². The van der Waals surface area contributed by atoms with Crippen LogP contribution in [0.3, 0.4) is 0 Å². The van der Waals surface area contributed by atoms with E-state index in [1.807, 2.05) is 0 Å². The number of ketones is 1. The molecule has 1 amide bonds. The molecule has 1 rings (SSSR count). The normalized spacial score (nSPS) is 10.9. The van der Waals surface area contributed by atoms with Crippen LogP contribution in [0.4, 0.5) is 0 Å². The van der Waals surface area contributed by atoms with Crippen molar-refractivity contribution in [3.63, 3.8) is 0 Å². The molecule has 34 heavy (non-hydrogen) atoms. The third-order valence-electron chi connectivity index (χ3n) is 5.53. The Labute approximate surface area is 201 Å². The lowest BCUT2D eigenvalue weighted by Gasteiger charge is -2.33. The summed E-state index contributed by atoms with van der Waals surface area (Å²) >= 11 is 0. The van der Waals surface area contributed by atoms with Crippen molar-refractivity contribution in [2.45, 2.75) is 84.6 Å². The van der Waals surface area contributed by atoms with Crippen LogP contribution in [0, 0.1) is 4.91 Å². The van der Waals surface area contributed by atoms with Crippen LogP contribution in [0.25, 0.3) is 0 Å². The minimum atomic E-state index is -2.34. The number of rotatable bonds is 16. The van der Waals surface area contributed by atoms with Crippen molar-refractivity contribution in [2.24, 2.45) is 5.29 Å². The fraction of sp³-hybridized carbons (Fsp3) is 0.600. The van der Waals surface area contributed by atoms with E-state index in [0.717, 1.165) is 32.6 Å². The number of carbonyl (C=O) groups excluding carboxylic acids is 4. The number of aryl methyl sites for hydroxylation is 1. The number of Topliss-reactive ketones (excluding diaryl/α,β-unsaturated/α-hetero) is 1. The van der Waals surface area contributed by atoms with Gasteiger partial charge in [-0.15, -0.1) is 4.91 Å². The van der Waals surface area contributed by atoms with Crippen LogP contribution in [0.5, 0.6) is 0 Å². The summed E-state index contributed by atoms with van der Waals surface area (Å²) in [6, 6.07) is 6.83. The van der Waals surface area contributed by atoms with Gasteiger partial charge in [0.25, 0.3) is 5.54 Å². The molecule has 0 saturated heterocycles. The first kappa shape index (κ1) is 28.9. The molecule has 0 atom stereocenters. The molecule has 0 aliphatic heterocycles. The molecule has 0 bridgehead atoms. The molecular weight excluding hydrogens is 440 g/mol. The van der Waals surface area contributed by atoms with Gasteiger partial charge in [-0.25, -0.2) is 9.59 Å². The van der Waals surface area contributed by atoms with Crippen LogP contribution in [0.2, 0.25) is 0 Å². The van der Waals surface area contributed by atoms with Gasteiger partial charge in [-0.2, -0.15) is 5.01 Å². The summed E-state index contributed by atoms with van der Waals surface area (Å²) in [5.74, 6) is -3.00. The Morgan fingerprint density at radius 1 is 0.882 bits per heavy atom. The number of nitroso groups, excluding NO2 is 1. The maximum Gasteiger partial charge on any atom is 0.346 e. The van der Waals surface area contributed by atoms with Crippen molar-refractivity contribution >= 4 is 23.6 Å². The minimum Gasteiger partial charge on any atom is -0.464 e. The Hall–Kier alpha value is -3.10. The number of hydrogen-bond donors (Lipinski definition) is 0. The van der Waals surface area contributed by atoms with Gasteiger partial charge in [0.15, 0.2) is 5.78 Å². The number of nitrogens with zero attached hydrogens (tertiary/aromatic N) is 2. The topological polar surface area (TPSA) is 119 Å². The zero-order valence-corrected chi connectivity index (χ0v) is 20.6. The van der Waals surface area contributed by atoms with E-state index >= 15 is 0 Å². The highest BCUT2D eigenvalue weighted by molar-refractivity contribution is 6.07. The lowest BCUT2D eigenvalue weighted by Crippen LogP contribution is -2.61. The lowest BCUT2D eigenvalue weighted by molar-refractivity contribution is -0.180. The first-order chi connectivity index (χ1) is 16.3. The molecule has 0 aliphatic carbocycles. The molecule has 9 heteroatoms. The maximum absolute atomic E-state index is 12.9. The van der Waals surface area contributed by atoms with Crippen LogP contribution in [-0.4, -0.2) is 47.4 Å². The smallest absolute Gasteiger partial charge is 0.346 e. The van der Waals surface area contributed by atoms with Gasteiger partial charge in [-0.05, 0) is 38.7 Å². The Balaban J connectivity index is 3.06. The molecule has 0 spiro atoms. The Morgan fingerprint density at radius 2 is 1.44 bits per heavy atom. The number of esters is 2. The van der Waals surface area contributed by atoms with Crippen LogP contribution in [-0.2, 0) is 30.3 Å². The lowest BCUT2D eigenvalue weighted by atomic mass is 9.89. The van der Waals surface area contributed by atoms with Gasteiger partial charge in [0, 0.05) is 18.9 Å². The highest BCUT2D eigenvalue weighted by atomic mass is 16.6. The van der Waals surface area contributed by atoms with E-state index in [1.54, 1.807) is 38.1 Å². The number of benzene rings is 1. The van der Waals surface area contributed by atoms with E-state index < -0.39 is 23.4 Å². The number of ether oxygens (including phenoxy) is 2. The summed E-state index contributed by atoms with van der Waals surface area (Å²) in [4.78, 5) is 61.7. The molecular formula is C25H36N2O7. The van der Waals surface area contributed by atoms with Crippen LogP contribution < -0.4 is 0 Å². The summed E-state index contributed by atoms with van der Waals surface area (Å²) in [5, 5.41) is 2.94. The Morgan fingerprint density at radius 3 is 1.91 bits per heavy atom. The molecule has 0 saturated carbocycles. The molecule has 0 radical (unpaired) electrons. The van der Waals surface area contributed by atoms with Crippen LogP contribution >= 0.6 is 0 Å². The van der Waals surface area contributed by atoms with Crippen LogP contribution in [0.15, 0.2) is 29.6 Å². The second-order valence-corrected chi connectivity index (χ2v) is 8.00. The molecule has 0 aromatic heterocycles. The minimum absolute atomic E-state index is 0.0587. The van der Waals surface area contributed by atoms with E-state index in [4.69, 9.17) is 9.47 Å². The second-order valence-electron chi connectivity index (χ2n) is 8.00. The number of amides is 1. The van der Waals surface area contributed by atoms with Crippen molar-refractivity contribution in [1.29, 1.82) is 0 Å². The first-order valence-corrected chi connectivity index (χ1v) is 11.9. The predicted octanol–water partition coefficient (Wildman–Crippen LogP) is 4.56. The molecule has 188 valence electrons. The third-order valence-corrected chi connectivity index (χ3v) is 5.53. The molecule has 9 nitrogen and oxygen atoms in total. The fourth-order valence-corrected chi connectivity index (χ4v) is 3.68. The number of hydrogen-bond acceptors (Lipinski definition) is 8. The van der Waals surface area contributed by atoms with Gasteiger partial charge in [0.2, 0.25) is 5.91 Å². The van der Waals surface area contributed by atoms with Crippen molar-refractivity contribution in [3.05, 3.63) is 40.3 Å². The molecule has 0 N–H and O–H groups in total. The van der Waals surface area contributed by atoms with E-state index in [-0.39, 0.29) is 31.8 Å². The molecule has 0 unspecified atom stereocenters. The van der Waals surface area contributed by atoms with Gasteiger partial charge in [-0.3, -0.25) is 9.59 Å². The summed E-state index contributed by atoms with van der Waals surface area (Å²) in [5.41, 5.74) is -1.06. The standard InChI is InChI=1S/C25H36N2O7/c1-5-8-9-10-11-12-22(29)21-15-13-20(14-16-21)17-18-25(23(30)33-6-2,24(31)34-7-3)27(26-32)19(4)28/h13-16H,5-12,17-18H2,1-4H3. The zero-order chi connectivity index (χ0) is 25.6. The van der Waals surface area contributed by atoms with Gasteiger partial charge in [0.05, 0.1) is 18.5 Å². The maximum atomic E-state index is 12.9. The summed E-state index contributed by atoms with van der Waals surface area (Å²) in [6.07, 6.45) is 5.65. The molecule has 1 aromatic carbocycles. The Kier molecular flexibility index (Phi) is 12.7. The number of carbonyl (C=O) groups is 4. The van der Waals surface area contributed by atoms with Crippen molar-refractivity contribution in [3.8, 4) is 0 Å². The summed E-state index contributed by atoms with van der Waals surface area (Å²) in [6.45, 7) is 6.11. The van der Waals surface area contributed by atoms with Crippen molar-refractivity contribution < 1.29 is 28.7 Å². The molecule has 0 heterocycles. The third kappa shape index (κ3) is 7.74. The van der Waals surface area contributed by atoms with Gasteiger partial charge >= 0.3 is 11.9 Å². The van der Waals surface area contributed by atoms with Gasteiger partial charge in [-0.1, -0.05) is 56.9 Å². The average Bonchev–Trinajstić information content (AvgIpc) is 2.81. The molecule has 0 aliphatic rings. The van der Waals surface area contributed by atoms with Gasteiger partial charge in [0.1, 0.15) is 0 Å². The quantitative estimate of drug-likeness (QED) is 0.0857. The summed E-state index contributed by atoms with van der Waals surface area (Å²) in [7, 11) is 0. The summed E-state index contributed by atoms with van der Waals surface area (Å²) < 4.78 is 10.1. The molecule has 0 fully saturated rings. The largest absolute Gasteiger partial charge is 0.464 e. The Bertz CT molecular complexity index is 818. The van der Waals surface area contributed by atoms with E-state index in [2.05, 4.69) is 12.2 Å². The highest BCUT2D eigenvalue weighted by Gasteiger charge is 2.56. The highest BCUT2D eigenvalue weighted by Crippen LogP contribution is 2.28. The fourth-order valence-electron chi connectivity index (χ4n) is 3.68. The zero-order valence-electron chi connectivity index (χ0n) is 20.6. The van der Waals surface area contributed by atoms with E-state index in [0.29, 0.717) is 22.6 Å². The predicted molar refractivity (Wildman–Crippen MR) is 127 cm³/mol. The van der Waals surface area contributed by atoms with Crippen molar-refractivity contribution in [1.82, 2.24) is 5.01 Å². The SMILES string of the molecule is CCCCCCCC(=O)c1ccc(CCC(C(=O)OCC)(C(=O)OCC)N(N=O)C(C)=O)cc1. The average molecular weight is 477 g/mol. The van der Waals surface area contributed by atoms with E-state index in [9.17, 15) is 24.1 Å². The van der Waals surface area contributed by atoms with Gasteiger partial charge < -0.3 is 9.47 Å². The number of unbranched alkanes of at least 4 members (excludes halogenated alkanes) is 4. The monoisotopic (exact) mass is 476 g/mol. The van der Waals surface area contributed by atoms with E-state index in [1.165, 1.54) is 6.42 Å². The molecule has 1 aromatic rings. The second kappa shape index (κ2) is 14.9. The first-order valence-electron chi connectivity index (χ1n) is 11.9. The van der Waals surface area contributed by atoms with Crippen LogP contribution in [0.1, 0.15) is 88.6 Å².